The number of nitrogens with zero attached hydrogens (tertiary/aromatic N) is 2. The molecule has 2 amide bonds. The molecule has 0 radical (unpaired) electrons. The third-order valence-corrected chi connectivity index (χ3v) is 7.77. The van der Waals surface area contributed by atoms with E-state index in [9.17, 15) is 18.0 Å². The van der Waals surface area contributed by atoms with Gasteiger partial charge in [0, 0.05) is 31.6 Å². The van der Waals surface area contributed by atoms with Gasteiger partial charge in [0.25, 0.3) is 0 Å². The monoisotopic (exact) mass is 581 g/mol. The predicted molar refractivity (Wildman–Crippen MR) is 143 cm³/mol. The molecule has 2 aromatic rings. The molecule has 2 rings (SSSR count). The molecule has 0 aliphatic rings. The summed E-state index contributed by atoms with van der Waals surface area (Å²) in [4.78, 5) is 27.2. The van der Waals surface area contributed by atoms with Crippen LogP contribution in [0, 0.1) is 0 Å². The van der Waals surface area contributed by atoms with Crippen LogP contribution in [0.2, 0.25) is 20.1 Å². The number of halogens is 4. The van der Waals surface area contributed by atoms with Crippen molar-refractivity contribution in [2.45, 2.75) is 38.8 Å². The molecule has 0 aliphatic heterocycles. The van der Waals surface area contributed by atoms with Crippen LogP contribution in [0.25, 0.3) is 0 Å². The first kappa shape index (κ1) is 29.5. The van der Waals surface area contributed by atoms with E-state index in [0.717, 1.165) is 10.6 Å². The molecule has 35 heavy (non-hydrogen) atoms. The number of benzene rings is 2. The number of carbonyl (C=O) groups excluding carboxylic acids is 2. The number of nitrogens with one attached hydrogen (secondary N) is 1. The highest BCUT2D eigenvalue weighted by Crippen LogP contribution is 2.31. The standard InChI is InChI=1S/C23H27Cl4N3O4S/c1-4-20(23(32)28-2)29(14-15-7-9-17(25)19(27)12-15)22(31)6-5-11-30(35(3,33)34)21-13-16(24)8-10-18(21)26/h7-10,12-13,20H,4-6,11,14H2,1-3H3,(H,28,32)/t20-/m0/s1. The van der Waals surface area contributed by atoms with Crippen molar-refractivity contribution in [3.8, 4) is 0 Å². The molecule has 7 nitrogen and oxygen atoms in total. The summed E-state index contributed by atoms with van der Waals surface area (Å²) in [5.74, 6) is -0.610. The Hall–Kier alpha value is -1.71. The van der Waals surface area contributed by atoms with Gasteiger partial charge in [-0.25, -0.2) is 8.42 Å². The van der Waals surface area contributed by atoms with Crippen LogP contribution >= 0.6 is 46.4 Å². The lowest BCUT2D eigenvalue weighted by Gasteiger charge is -2.31. The molecule has 192 valence electrons. The molecular formula is C23H27Cl4N3O4S. The van der Waals surface area contributed by atoms with Crippen molar-refractivity contribution >= 4 is 73.9 Å². The van der Waals surface area contributed by atoms with Gasteiger partial charge in [0.1, 0.15) is 6.04 Å². The maximum absolute atomic E-state index is 13.3. The largest absolute Gasteiger partial charge is 0.357 e. The van der Waals surface area contributed by atoms with Gasteiger partial charge in [-0.05, 0) is 48.7 Å². The minimum atomic E-state index is -3.70. The van der Waals surface area contributed by atoms with E-state index < -0.39 is 16.1 Å². The Morgan fingerprint density at radius 1 is 1.00 bits per heavy atom. The zero-order valence-electron chi connectivity index (χ0n) is 19.5. The van der Waals surface area contributed by atoms with Gasteiger partial charge in [-0.15, -0.1) is 0 Å². The number of likely N-dealkylation sites (N-methyl/N-ethyl adjacent to an activating group) is 1. The molecule has 0 heterocycles. The molecule has 0 saturated heterocycles. The highest BCUT2D eigenvalue weighted by molar-refractivity contribution is 7.92. The van der Waals surface area contributed by atoms with Crippen LogP contribution in [-0.4, -0.2) is 51.0 Å². The average molecular weight is 583 g/mol. The third-order valence-electron chi connectivity index (χ3n) is 5.30. The molecule has 0 spiro atoms. The second kappa shape index (κ2) is 13.0. The smallest absolute Gasteiger partial charge is 0.242 e. The van der Waals surface area contributed by atoms with Crippen LogP contribution in [0.1, 0.15) is 31.7 Å². The van der Waals surface area contributed by atoms with Gasteiger partial charge in [0.2, 0.25) is 21.8 Å². The fraction of sp³-hybridized carbons (Fsp3) is 0.391. The summed E-state index contributed by atoms with van der Waals surface area (Å²) in [6.07, 6.45) is 1.64. The number of anilines is 1. The average Bonchev–Trinajstić information content (AvgIpc) is 2.79. The van der Waals surface area contributed by atoms with Crippen molar-refractivity contribution in [3.05, 3.63) is 62.1 Å². The Bertz CT molecular complexity index is 1180. The quantitative estimate of drug-likeness (QED) is 0.384. The van der Waals surface area contributed by atoms with Crippen molar-refractivity contribution < 1.29 is 18.0 Å². The highest BCUT2D eigenvalue weighted by Gasteiger charge is 2.28. The van der Waals surface area contributed by atoms with Gasteiger partial charge in [-0.2, -0.15) is 0 Å². The van der Waals surface area contributed by atoms with E-state index in [0.29, 0.717) is 27.1 Å². The molecule has 0 fully saturated rings. The van der Waals surface area contributed by atoms with E-state index >= 15 is 0 Å². The van der Waals surface area contributed by atoms with E-state index in [1.165, 1.54) is 24.1 Å². The minimum absolute atomic E-state index is 0.000971. The zero-order valence-corrected chi connectivity index (χ0v) is 23.4. The van der Waals surface area contributed by atoms with E-state index in [1.807, 2.05) is 6.92 Å². The normalized spacial score (nSPS) is 12.2. The predicted octanol–water partition coefficient (Wildman–Crippen LogP) is 5.40. The number of rotatable bonds is 11. The van der Waals surface area contributed by atoms with Crippen molar-refractivity contribution in [1.29, 1.82) is 0 Å². The summed E-state index contributed by atoms with van der Waals surface area (Å²) in [6, 6.07) is 8.82. The Morgan fingerprint density at radius 3 is 2.23 bits per heavy atom. The summed E-state index contributed by atoms with van der Waals surface area (Å²) in [5.41, 5.74) is 0.942. The Balaban J connectivity index is 2.24. The molecule has 1 atom stereocenters. The minimum Gasteiger partial charge on any atom is -0.357 e. The van der Waals surface area contributed by atoms with Gasteiger partial charge in [-0.3, -0.25) is 13.9 Å². The summed E-state index contributed by atoms with van der Waals surface area (Å²) in [5, 5.41) is 3.86. The van der Waals surface area contributed by atoms with Crippen molar-refractivity contribution in [3.63, 3.8) is 0 Å². The molecular weight excluding hydrogens is 556 g/mol. The summed E-state index contributed by atoms with van der Waals surface area (Å²) in [7, 11) is -2.19. The fourth-order valence-electron chi connectivity index (χ4n) is 3.58. The van der Waals surface area contributed by atoms with Crippen molar-refractivity contribution in [1.82, 2.24) is 10.2 Å². The second-order valence-electron chi connectivity index (χ2n) is 7.84. The maximum Gasteiger partial charge on any atom is 0.242 e. The number of hydrogen-bond donors (Lipinski definition) is 1. The first-order chi connectivity index (χ1) is 16.4. The second-order valence-corrected chi connectivity index (χ2v) is 11.4. The lowest BCUT2D eigenvalue weighted by atomic mass is 10.1. The topological polar surface area (TPSA) is 86.8 Å². The molecule has 0 unspecified atom stereocenters. The Labute approximate surface area is 226 Å². The van der Waals surface area contributed by atoms with E-state index in [2.05, 4.69) is 5.32 Å². The first-order valence-electron chi connectivity index (χ1n) is 10.8. The maximum atomic E-state index is 13.3. The number of hydrogen-bond acceptors (Lipinski definition) is 4. The summed E-state index contributed by atoms with van der Waals surface area (Å²) >= 11 is 24.4. The lowest BCUT2D eigenvalue weighted by Crippen LogP contribution is -2.48. The van der Waals surface area contributed by atoms with Crippen molar-refractivity contribution in [2.75, 3.05) is 24.2 Å². The van der Waals surface area contributed by atoms with Crippen LogP contribution in [0.4, 0.5) is 5.69 Å². The molecule has 0 saturated carbocycles. The van der Waals surface area contributed by atoms with Crippen LogP contribution in [0.15, 0.2) is 36.4 Å². The first-order valence-corrected chi connectivity index (χ1v) is 14.1. The van der Waals surface area contributed by atoms with Crippen LogP contribution in [-0.2, 0) is 26.2 Å². The molecule has 1 N–H and O–H groups in total. The van der Waals surface area contributed by atoms with Gasteiger partial charge in [0.15, 0.2) is 0 Å². The SMILES string of the molecule is CC[C@@H](C(=O)NC)N(Cc1ccc(Cl)c(Cl)c1)C(=O)CCCN(c1cc(Cl)ccc1Cl)S(C)(=O)=O. The lowest BCUT2D eigenvalue weighted by molar-refractivity contribution is -0.141. The molecule has 12 heteroatoms. The van der Waals surface area contributed by atoms with Crippen molar-refractivity contribution in [2.24, 2.45) is 0 Å². The van der Waals surface area contributed by atoms with Crippen LogP contribution in [0.5, 0.6) is 0 Å². The van der Waals surface area contributed by atoms with Crippen LogP contribution in [0.3, 0.4) is 0 Å². The summed E-state index contributed by atoms with van der Waals surface area (Å²) in [6.45, 7) is 1.95. The van der Waals surface area contributed by atoms with Gasteiger partial charge < -0.3 is 10.2 Å². The Kier molecular flexibility index (Phi) is 11.0. The molecule has 0 aliphatic carbocycles. The van der Waals surface area contributed by atoms with E-state index in [1.54, 1.807) is 24.3 Å². The van der Waals surface area contributed by atoms with E-state index in [-0.39, 0.29) is 48.5 Å². The van der Waals surface area contributed by atoms with E-state index in [4.69, 9.17) is 46.4 Å². The number of amides is 2. The van der Waals surface area contributed by atoms with Gasteiger partial charge in [-0.1, -0.05) is 59.4 Å². The number of carbonyl (C=O) groups is 2. The van der Waals surface area contributed by atoms with Crippen LogP contribution < -0.4 is 9.62 Å². The Morgan fingerprint density at radius 2 is 1.66 bits per heavy atom. The number of sulfonamides is 1. The third kappa shape index (κ3) is 8.15. The highest BCUT2D eigenvalue weighted by atomic mass is 35.5. The summed E-state index contributed by atoms with van der Waals surface area (Å²) < 4.78 is 26.0. The molecule has 2 aromatic carbocycles. The molecule has 0 bridgehead atoms. The fourth-order valence-corrected chi connectivity index (χ4v) is 5.31. The zero-order chi connectivity index (χ0) is 26.3. The molecule has 0 aromatic heterocycles. The van der Waals surface area contributed by atoms with Gasteiger partial charge in [0.05, 0.1) is 27.0 Å². The van der Waals surface area contributed by atoms with Gasteiger partial charge >= 0.3 is 0 Å².